The van der Waals surface area contributed by atoms with E-state index in [4.69, 9.17) is 5.73 Å². The van der Waals surface area contributed by atoms with Gasteiger partial charge in [0.15, 0.2) is 0 Å². The first-order valence-corrected chi connectivity index (χ1v) is 6.72. The minimum Gasteiger partial charge on any atom is -0.324 e. The van der Waals surface area contributed by atoms with E-state index >= 15 is 0 Å². The molecule has 0 radical (unpaired) electrons. The van der Waals surface area contributed by atoms with Gasteiger partial charge in [0.05, 0.1) is 0 Å². The van der Waals surface area contributed by atoms with Crippen LogP contribution >= 0.6 is 0 Å². The molecule has 3 N–H and O–H groups in total. The zero-order valence-electron chi connectivity index (χ0n) is 9.73. The molecule has 0 heterocycles. The predicted octanol–water partition coefficient (Wildman–Crippen LogP) is 2.04. The molecule has 3 saturated carbocycles. The van der Waals surface area contributed by atoms with Gasteiger partial charge < -0.3 is 11.1 Å². The van der Waals surface area contributed by atoms with E-state index in [1.807, 2.05) is 0 Å². The normalized spacial score (nSPS) is 31.8. The average Bonchev–Trinajstić information content (AvgIpc) is 3.07. The van der Waals surface area contributed by atoms with Crippen molar-refractivity contribution in [2.45, 2.75) is 56.9 Å². The first-order chi connectivity index (χ1) is 7.23. The van der Waals surface area contributed by atoms with Gasteiger partial charge in [0.25, 0.3) is 0 Å². The summed E-state index contributed by atoms with van der Waals surface area (Å²) >= 11 is 0. The van der Waals surface area contributed by atoms with E-state index in [9.17, 15) is 0 Å². The molecular formula is C13H24N2. The van der Waals surface area contributed by atoms with Crippen molar-refractivity contribution < 1.29 is 0 Å². The third kappa shape index (κ3) is 2.07. The zero-order valence-corrected chi connectivity index (χ0v) is 9.73. The van der Waals surface area contributed by atoms with E-state index in [-0.39, 0.29) is 5.54 Å². The smallest absolute Gasteiger partial charge is 0.0280 e. The molecule has 3 aliphatic carbocycles. The lowest BCUT2D eigenvalue weighted by Crippen LogP contribution is -2.47. The summed E-state index contributed by atoms with van der Waals surface area (Å²) in [4.78, 5) is 0. The molecule has 3 fully saturated rings. The summed E-state index contributed by atoms with van der Waals surface area (Å²) in [5.74, 6) is 1.07. The lowest BCUT2D eigenvalue weighted by atomic mass is 9.97. The van der Waals surface area contributed by atoms with Gasteiger partial charge in [-0.2, -0.15) is 0 Å². The molecule has 15 heavy (non-hydrogen) atoms. The highest BCUT2D eigenvalue weighted by Crippen LogP contribution is 2.60. The molecule has 86 valence electrons. The second-order valence-corrected chi connectivity index (χ2v) is 6.31. The van der Waals surface area contributed by atoms with Crippen LogP contribution in [0, 0.1) is 11.3 Å². The molecule has 2 heteroatoms. The molecule has 3 rings (SSSR count). The summed E-state index contributed by atoms with van der Waals surface area (Å²) in [6.07, 6.45) is 11.1. The number of nitrogens with two attached hydrogens (primary N) is 1. The molecule has 0 aliphatic heterocycles. The highest BCUT2D eigenvalue weighted by molar-refractivity contribution is 5.05. The molecule has 0 aromatic heterocycles. The molecule has 0 bridgehead atoms. The Morgan fingerprint density at radius 1 is 1.00 bits per heavy atom. The SMILES string of the molecule is NC1(CNCC2(C3CC3)CC2)CCCC1. The van der Waals surface area contributed by atoms with Crippen molar-refractivity contribution in [3.63, 3.8) is 0 Å². The average molecular weight is 208 g/mol. The van der Waals surface area contributed by atoms with E-state index in [1.54, 1.807) is 0 Å². The summed E-state index contributed by atoms with van der Waals surface area (Å²) in [6, 6.07) is 0. The maximum atomic E-state index is 6.34. The Bertz CT molecular complexity index is 233. The second-order valence-electron chi connectivity index (χ2n) is 6.31. The molecule has 0 spiro atoms. The quantitative estimate of drug-likeness (QED) is 0.725. The Morgan fingerprint density at radius 3 is 2.20 bits per heavy atom. The zero-order chi connectivity index (χ0) is 10.4. The summed E-state index contributed by atoms with van der Waals surface area (Å²) in [5, 5.41) is 3.67. The van der Waals surface area contributed by atoms with Gasteiger partial charge in [-0.3, -0.25) is 0 Å². The number of rotatable bonds is 5. The van der Waals surface area contributed by atoms with E-state index in [0.717, 1.165) is 17.9 Å². The van der Waals surface area contributed by atoms with Gasteiger partial charge in [0.2, 0.25) is 0 Å². The Morgan fingerprint density at radius 2 is 1.67 bits per heavy atom. The van der Waals surface area contributed by atoms with Crippen molar-refractivity contribution in [3.8, 4) is 0 Å². The van der Waals surface area contributed by atoms with Crippen LogP contribution in [0.1, 0.15) is 51.4 Å². The Labute approximate surface area is 93.0 Å². The fraction of sp³-hybridized carbons (Fsp3) is 1.00. The van der Waals surface area contributed by atoms with E-state index < -0.39 is 0 Å². The van der Waals surface area contributed by atoms with Crippen LogP contribution in [0.3, 0.4) is 0 Å². The third-order valence-corrected chi connectivity index (χ3v) is 4.89. The molecule has 0 atom stereocenters. The minimum atomic E-state index is 0.139. The molecule has 2 nitrogen and oxygen atoms in total. The molecule has 0 aromatic rings. The third-order valence-electron chi connectivity index (χ3n) is 4.89. The fourth-order valence-corrected chi connectivity index (χ4v) is 3.40. The highest BCUT2D eigenvalue weighted by Gasteiger charge is 2.53. The number of nitrogens with one attached hydrogen (secondary N) is 1. The van der Waals surface area contributed by atoms with Gasteiger partial charge in [-0.05, 0) is 49.9 Å². The first-order valence-electron chi connectivity index (χ1n) is 6.72. The van der Waals surface area contributed by atoms with Gasteiger partial charge in [-0.15, -0.1) is 0 Å². The van der Waals surface area contributed by atoms with Gasteiger partial charge in [0.1, 0.15) is 0 Å². The van der Waals surface area contributed by atoms with Crippen LogP contribution in [0.15, 0.2) is 0 Å². The topological polar surface area (TPSA) is 38.0 Å². The summed E-state index contributed by atoms with van der Waals surface area (Å²) in [6.45, 7) is 2.30. The Balaban J connectivity index is 1.43. The van der Waals surface area contributed by atoms with Crippen molar-refractivity contribution in [2.24, 2.45) is 17.1 Å². The maximum absolute atomic E-state index is 6.34. The number of hydrogen-bond acceptors (Lipinski definition) is 2. The van der Waals surface area contributed by atoms with Crippen molar-refractivity contribution in [3.05, 3.63) is 0 Å². The Hall–Kier alpha value is -0.0800. The van der Waals surface area contributed by atoms with Crippen LogP contribution < -0.4 is 11.1 Å². The summed E-state index contributed by atoms with van der Waals surface area (Å²) in [5.41, 5.74) is 7.21. The minimum absolute atomic E-state index is 0.139. The van der Waals surface area contributed by atoms with Crippen LogP contribution in [0.4, 0.5) is 0 Å². The second kappa shape index (κ2) is 3.46. The predicted molar refractivity (Wildman–Crippen MR) is 62.6 cm³/mol. The van der Waals surface area contributed by atoms with Gasteiger partial charge in [0, 0.05) is 18.6 Å². The van der Waals surface area contributed by atoms with E-state index in [2.05, 4.69) is 5.32 Å². The molecule has 3 aliphatic rings. The van der Waals surface area contributed by atoms with Crippen molar-refractivity contribution in [1.29, 1.82) is 0 Å². The maximum Gasteiger partial charge on any atom is 0.0280 e. The van der Waals surface area contributed by atoms with Gasteiger partial charge >= 0.3 is 0 Å². The van der Waals surface area contributed by atoms with Crippen molar-refractivity contribution in [1.82, 2.24) is 5.32 Å². The molecule has 0 unspecified atom stereocenters. The lowest BCUT2D eigenvalue weighted by Gasteiger charge is -2.25. The van der Waals surface area contributed by atoms with Gasteiger partial charge in [-0.25, -0.2) is 0 Å². The largest absolute Gasteiger partial charge is 0.324 e. The summed E-state index contributed by atoms with van der Waals surface area (Å²) < 4.78 is 0. The Kier molecular flexibility index (Phi) is 2.33. The summed E-state index contributed by atoms with van der Waals surface area (Å²) in [7, 11) is 0. The van der Waals surface area contributed by atoms with Crippen LogP contribution in [-0.2, 0) is 0 Å². The highest BCUT2D eigenvalue weighted by atomic mass is 15.0. The van der Waals surface area contributed by atoms with Gasteiger partial charge in [-0.1, -0.05) is 12.8 Å². The van der Waals surface area contributed by atoms with E-state index in [0.29, 0.717) is 0 Å². The lowest BCUT2D eigenvalue weighted by molar-refractivity contribution is 0.350. The van der Waals surface area contributed by atoms with Crippen LogP contribution in [0.5, 0.6) is 0 Å². The number of hydrogen-bond donors (Lipinski definition) is 2. The molecule has 0 saturated heterocycles. The van der Waals surface area contributed by atoms with Crippen LogP contribution in [-0.4, -0.2) is 18.6 Å². The van der Waals surface area contributed by atoms with Crippen molar-refractivity contribution in [2.75, 3.05) is 13.1 Å². The van der Waals surface area contributed by atoms with Crippen LogP contribution in [0.2, 0.25) is 0 Å². The standard InChI is InChI=1S/C13H24N2/c14-13(5-1-2-6-13)10-15-9-12(7-8-12)11-3-4-11/h11,15H,1-10,14H2. The van der Waals surface area contributed by atoms with E-state index in [1.165, 1.54) is 57.9 Å². The van der Waals surface area contributed by atoms with Crippen LogP contribution in [0.25, 0.3) is 0 Å². The fourth-order valence-electron chi connectivity index (χ4n) is 3.40. The monoisotopic (exact) mass is 208 g/mol. The first kappa shape index (κ1) is 10.1. The molecular weight excluding hydrogens is 184 g/mol. The molecule has 0 aromatic carbocycles. The molecule has 0 amide bonds. The van der Waals surface area contributed by atoms with Crippen molar-refractivity contribution >= 4 is 0 Å².